The van der Waals surface area contributed by atoms with Gasteiger partial charge in [0.15, 0.2) is 5.96 Å². The normalized spacial score (nSPS) is 26.9. The summed E-state index contributed by atoms with van der Waals surface area (Å²) in [5.74, 6) is 1.46. The number of nitrogens with zero attached hydrogens (tertiary/aromatic N) is 1. The van der Waals surface area contributed by atoms with Crippen molar-refractivity contribution in [1.29, 1.82) is 0 Å². The Labute approximate surface area is 188 Å². The number of alkyl halides is 2. The summed E-state index contributed by atoms with van der Waals surface area (Å²) in [6.45, 7) is 2.98. The lowest BCUT2D eigenvalue weighted by Gasteiger charge is -2.63. The lowest BCUT2D eigenvalue weighted by Crippen LogP contribution is -2.72. The zero-order valence-electron chi connectivity index (χ0n) is 16.9. The van der Waals surface area contributed by atoms with Crippen LogP contribution in [0.25, 0.3) is 0 Å². The van der Waals surface area contributed by atoms with Gasteiger partial charge in [0.1, 0.15) is 5.75 Å². The summed E-state index contributed by atoms with van der Waals surface area (Å²) >= 11 is 0. The van der Waals surface area contributed by atoms with Crippen molar-refractivity contribution in [3.63, 3.8) is 0 Å². The monoisotopic (exact) mass is 521 g/mol. The highest BCUT2D eigenvalue weighted by Crippen LogP contribution is 2.62. The standard InChI is InChI=1S/C21H29F2N3O2.HI/c1-3-24-20(25-12-14-11-13(2)5-6-16(14)28-19(22)23)26-17-15-7-10-27-18(15)21(17)8-4-9-21;/h5-6,11,15,17-19H,3-4,7-10,12H2,1-2H3,(H2,24,25,26);1H. The van der Waals surface area contributed by atoms with Crippen LogP contribution in [-0.4, -0.2) is 37.9 Å². The van der Waals surface area contributed by atoms with Gasteiger partial charge in [0.2, 0.25) is 0 Å². The molecule has 2 saturated carbocycles. The first kappa shape index (κ1) is 22.5. The average Bonchev–Trinajstić information content (AvgIpc) is 3.02. The second-order valence-corrected chi connectivity index (χ2v) is 8.14. The molecule has 2 N–H and O–H groups in total. The number of ether oxygens (including phenoxy) is 2. The number of benzene rings is 1. The molecule has 3 unspecified atom stereocenters. The minimum Gasteiger partial charge on any atom is -0.434 e. The van der Waals surface area contributed by atoms with Crippen LogP contribution in [0.15, 0.2) is 23.2 Å². The molecule has 3 atom stereocenters. The van der Waals surface area contributed by atoms with Crippen molar-refractivity contribution < 1.29 is 18.3 Å². The van der Waals surface area contributed by atoms with Crippen LogP contribution in [0.5, 0.6) is 5.75 Å². The summed E-state index contributed by atoms with van der Waals surface area (Å²) in [5.41, 5.74) is 1.90. The highest BCUT2D eigenvalue weighted by Gasteiger charge is 2.66. The number of halogens is 3. The Balaban J connectivity index is 0.00000240. The van der Waals surface area contributed by atoms with E-state index in [4.69, 9.17) is 4.74 Å². The first-order valence-electron chi connectivity index (χ1n) is 10.2. The molecular weight excluding hydrogens is 491 g/mol. The Kier molecular flexibility index (Phi) is 7.24. The van der Waals surface area contributed by atoms with Crippen molar-refractivity contribution in [2.45, 2.75) is 64.8 Å². The fourth-order valence-corrected chi connectivity index (χ4v) is 5.13. The second-order valence-electron chi connectivity index (χ2n) is 8.14. The van der Waals surface area contributed by atoms with Gasteiger partial charge in [-0.15, -0.1) is 24.0 Å². The smallest absolute Gasteiger partial charge is 0.387 e. The molecule has 1 heterocycles. The van der Waals surface area contributed by atoms with Crippen LogP contribution in [0.1, 0.15) is 43.7 Å². The Morgan fingerprint density at radius 3 is 2.83 bits per heavy atom. The van der Waals surface area contributed by atoms with Crippen LogP contribution < -0.4 is 15.4 Å². The lowest BCUT2D eigenvalue weighted by atomic mass is 9.46. The summed E-state index contributed by atoms with van der Waals surface area (Å²) in [7, 11) is 0. The van der Waals surface area contributed by atoms with E-state index in [0.29, 0.717) is 23.6 Å². The van der Waals surface area contributed by atoms with Gasteiger partial charge in [-0.25, -0.2) is 4.99 Å². The number of nitrogens with one attached hydrogen (secondary N) is 2. The van der Waals surface area contributed by atoms with Gasteiger partial charge in [-0.1, -0.05) is 24.1 Å². The van der Waals surface area contributed by atoms with Crippen molar-refractivity contribution in [3.8, 4) is 5.75 Å². The van der Waals surface area contributed by atoms with E-state index in [1.807, 2.05) is 19.9 Å². The SMILES string of the molecule is CCNC(=NCc1cc(C)ccc1OC(F)F)NC1C2CCOC2C12CCC2.I. The van der Waals surface area contributed by atoms with Gasteiger partial charge in [0.05, 0.1) is 12.6 Å². The Hall–Kier alpha value is -1.16. The van der Waals surface area contributed by atoms with E-state index in [1.165, 1.54) is 19.3 Å². The molecule has 3 fully saturated rings. The van der Waals surface area contributed by atoms with E-state index >= 15 is 0 Å². The Bertz CT molecular complexity index is 743. The highest BCUT2D eigenvalue weighted by molar-refractivity contribution is 14.0. The van der Waals surface area contributed by atoms with Crippen molar-refractivity contribution in [3.05, 3.63) is 29.3 Å². The van der Waals surface area contributed by atoms with Crippen LogP contribution in [0.3, 0.4) is 0 Å². The van der Waals surface area contributed by atoms with Gasteiger partial charge in [-0.3, -0.25) is 0 Å². The number of aryl methyl sites for hydroxylation is 1. The van der Waals surface area contributed by atoms with Gasteiger partial charge in [-0.05, 0) is 39.2 Å². The summed E-state index contributed by atoms with van der Waals surface area (Å²) in [6, 6.07) is 5.58. The average molecular weight is 521 g/mol. The van der Waals surface area contributed by atoms with E-state index in [2.05, 4.69) is 20.4 Å². The molecule has 1 spiro atoms. The largest absolute Gasteiger partial charge is 0.434 e. The van der Waals surface area contributed by atoms with Gasteiger partial charge in [0, 0.05) is 36.1 Å². The third-order valence-corrected chi connectivity index (χ3v) is 6.51. The molecule has 0 bridgehead atoms. The molecule has 1 aromatic carbocycles. The molecule has 3 aliphatic rings. The van der Waals surface area contributed by atoms with E-state index in [-0.39, 0.29) is 41.7 Å². The van der Waals surface area contributed by atoms with Gasteiger partial charge >= 0.3 is 6.61 Å². The molecule has 8 heteroatoms. The van der Waals surface area contributed by atoms with Crippen molar-refractivity contribution in [2.75, 3.05) is 13.2 Å². The van der Waals surface area contributed by atoms with Crippen LogP contribution in [0, 0.1) is 18.3 Å². The number of hydrogen-bond donors (Lipinski definition) is 2. The van der Waals surface area contributed by atoms with Crippen molar-refractivity contribution in [1.82, 2.24) is 10.6 Å². The van der Waals surface area contributed by atoms with Gasteiger partial charge < -0.3 is 20.1 Å². The Morgan fingerprint density at radius 2 is 2.17 bits per heavy atom. The maximum absolute atomic E-state index is 12.7. The molecule has 5 nitrogen and oxygen atoms in total. The predicted molar refractivity (Wildman–Crippen MR) is 119 cm³/mol. The summed E-state index contributed by atoms with van der Waals surface area (Å²) < 4.78 is 36.1. The number of aliphatic imine (C=N–C) groups is 1. The number of rotatable bonds is 6. The maximum Gasteiger partial charge on any atom is 0.387 e. The number of hydrogen-bond acceptors (Lipinski definition) is 3. The first-order valence-corrected chi connectivity index (χ1v) is 10.2. The van der Waals surface area contributed by atoms with Crippen LogP contribution in [-0.2, 0) is 11.3 Å². The fraction of sp³-hybridized carbons (Fsp3) is 0.667. The zero-order chi connectivity index (χ0) is 19.7. The van der Waals surface area contributed by atoms with E-state index in [0.717, 1.165) is 31.1 Å². The van der Waals surface area contributed by atoms with Gasteiger partial charge in [-0.2, -0.15) is 8.78 Å². The predicted octanol–water partition coefficient (Wildman–Crippen LogP) is 4.23. The maximum atomic E-state index is 12.7. The molecule has 0 amide bonds. The summed E-state index contributed by atoms with van der Waals surface area (Å²) in [6.07, 6.45) is 5.15. The molecule has 0 aromatic heterocycles. The molecule has 0 radical (unpaired) electrons. The zero-order valence-corrected chi connectivity index (χ0v) is 19.2. The van der Waals surface area contributed by atoms with Crippen LogP contribution >= 0.6 is 24.0 Å². The molecule has 162 valence electrons. The van der Waals surface area contributed by atoms with Gasteiger partial charge in [0.25, 0.3) is 0 Å². The molecule has 1 saturated heterocycles. The third kappa shape index (κ3) is 4.33. The van der Waals surface area contributed by atoms with Crippen LogP contribution in [0.2, 0.25) is 0 Å². The molecule has 29 heavy (non-hydrogen) atoms. The molecule has 2 aliphatic carbocycles. The van der Waals surface area contributed by atoms with Crippen molar-refractivity contribution in [2.24, 2.45) is 16.3 Å². The minimum atomic E-state index is -2.84. The molecular formula is C21H30F2IN3O2. The van der Waals surface area contributed by atoms with E-state index in [9.17, 15) is 8.78 Å². The number of fused-ring (bicyclic) bond motifs is 2. The summed E-state index contributed by atoms with van der Waals surface area (Å²) in [4.78, 5) is 4.68. The molecule has 1 aliphatic heterocycles. The minimum absolute atomic E-state index is 0. The second kappa shape index (κ2) is 9.32. The first-order chi connectivity index (χ1) is 13.5. The van der Waals surface area contributed by atoms with Crippen molar-refractivity contribution >= 4 is 29.9 Å². The number of guanidine groups is 1. The quantitative estimate of drug-likeness (QED) is 0.335. The summed E-state index contributed by atoms with van der Waals surface area (Å²) in [5, 5.41) is 6.94. The van der Waals surface area contributed by atoms with E-state index in [1.54, 1.807) is 12.1 Å². The topological polar surface area (TPSA) is 54.9 Å². The van der Waals surface area contributed by atoms with E-state index < -0.39 is 6.61 Å². The lowest BCUT2D eigenvalue weighted by molar-refractivity contribution is -0.171. The third-order valence-electron chi connectivity index (χ3n) is 6.51. The Morgan fingerprint density at radius 1 is 1.38 bits per heavy atom. The highest BCUT2D eigenvalue weighted by atomic mass is 127. The molecule has 1 aromatic rings. The molecule has 4 rings (SSSR count). The fourth-order valence-electron chi connectivity index (χ4n) is 5.13. The van der Waals surface area contributed by atoms with Crippen LogP contribution in [0.4, 0.5) is 8.78 Å².